The van der Waals surface area contributed by atoms with Crippen molar-refractivity contribution in [1.29, 1.82) is 0 Å². The summed E-state index contributed by atoms with van der Waals surface area (Å²) in [6.45, 7) is 4.33. The first kappa shape index (κ1) is 19.7. The first-order valence-corrected chi connectivity index (χ1v) is 9.67. The zero-order valence-corrected chi connectivity index (χ0v) is 16.7. The highest BCUT2D eigenvalue weighted by Gasteiger charge is 2.17. The highest BCUT2D eigenvalue weighted by atomic mass is 16.5. The molecular formula is C25H27NO2. The molecule has 0 radical (unpaired) electrons. The Labute approximate surface area is 167 Å². The van der Waals surface area contributed by atoms with Crippen LogP contribution in [0, 0.1) is 5.92 Å². The lowest BCUT2D eigenvalue weighted by Gasteiger charge is -2.21. The van der Waals surface area contributed by atoms with Crippen molar-refractivity contribution < 1.29 is 9.53 Å². The average molecular weight is 373 g/mol. The molecule has 0 aliphatic heterocycles. The van der Waals surface area contributed by atoms with Crippen LogP contribution in [-0.2, 0) is 0 Å². The molecule has 3 aromatic carbocycles. The second-order valence-electron chi connectivity index (χ2n) is 7.37. The Kier molecular flexibility index (Phi) is 6.49. The number of amides is 1. The molecule has 1 amide bonds. The Bertz CT molecular complexity index is 884. The van der Waals surface area contributed by atoms with Crippen molar-refractivity contribution in [3.63, 3.8) is 0 Å². The van der Waals surface area contributed by atoms with Crippen molar-refractivity contribution >= 4 is 5.91 Å². The minimum absolute atomic E-state index is 0.0350. The van der Waals surface area contributed by atoms with Gasteiger partial charge in [-0.15, -0.1) is 0 Å². The highest BCUT2D eigenvalue weighted by molar-refractivity contribution is 5.95. The Morgan fingerprint density at radius 2 is 1.46 bits per heavy atom. The van der Waals surface area contributed by atoms with Gasteiger partial charge in [0.15, 0.2) is 0 Å². The van der Waals surface area contributed by atoms with E-state index < -0.39 is 0 Å². The third kappa shape index (κ3) is 5.01. The van der Waals surface area contributed by atoms with E-state index in [1.165, 1.54) is 0 Å². The van der Waals surface area contributed by atoms with E-state index in [9.17, 15) is 4.79 Å². The molecule has 3 nitrogen and oxygen atoms in total. The third-order valence-electron chi connectivity index (χ3n) is 4.78. The monoisotopic (exact) mass is 373 g/mol. The number of methoxy groups -OCH3 is 1. The first-order valence-electron chi connectivity index (χ1n) is 9.67. The Hall–Kier alpha value is -3.07. The van der Waals surface area contributed by atoms with Gasteiger partial charge in [-0.2, -0.15) is 0 Å². The summed E-state index contributed by atoms with van der Waals surface area (Å²) in [7, 11) is 1.65. The van der Waals surface area contributed by atoms with E-state index in [0.717, 1.165) is 28.9 Å². The van der Waals surface area contributed by atoms with Gasteiger partial charge in [-0.05, 0) is 53.3 Å². The van der Waals surface area contributed by atoms with E-state index in [2.05, 4.69) is 31.3 Å². The Balaban J connectivity index is 1.75. The number of ether oxygens (including phenoxy) is 1. The molecular weight excluding hydrogens is 346 g/mol. The molecule has 0 saturated carbocycles. The van der Waals surface area contributed by atoms with Gasteiger partial charge in [0.05, 0.1) is 13.2 Å². The van der Waals surface area contributed by atoms with Crippen molar-refractivity contribution in [1.82, 2.24) is 5.32 Å². The zero-order valence-electron chi connectivity index (χ0n) is 16.7. The molecule has 28 heavy (non-hydrogen) atoms. The van der Waals surface area contributed by atoms with Gasteiger partial charge in [0.1, 0.15) is 5.75 Å². The second kappa shape index (κ2) is 9.23. The normalized spacial score (nSPS) is 11.9. The Morgan fingerprint density at radius 3 is 2.04 bits per heavy atom. The summed E-state index contributed by atoms with van der Waals surface area (Å²) < 4.78 is 5.24. The van der Waals surface area contributed by atoms with Gasteiger partial charge in [0.2, 0.25) is 0 Å². The maximum atomic E-state index is 12.8. The van der Waals surface area contributed by atoms with Crippen LogP contribution in [0.2, 0.25) is 0 Å². The van der Waals surface area contributed by atoms with Gasteiger partial charge in [0.25, 0.3) is 5.91 Å². The van der Waals surface area contributed by atoms with E-state index in [1.54, 1.807) is 7.11 Å². The van der Waals surface area contributed by atoms with Crippen molar-refractivity contribution in [2.75, 3.05) is 7.11 Å². The topological polar surface area (TPSA) is 38.3 Å². The SMILES string of the molecule is COc1ccc([C@@H](CC(C)C)NC(=O)c2ccc(-c3ccccc3)cc2)cc1. The first-order chi connectivity index (χ1) is 13.6. The average Bonchev–Trinajstić information content (AvgIpc) is 2.74. The van der Waals surface area contributed by atoms with Crippen molar-refractivity contribution in [3.8, 4) is 16.9 Å². The lowest BCUT2D eigenvalue weighted by Crippen LogP contribution is -2.29. The molecule has 3 aromatic rings. The Morgan fingerprint density at radius 1 is 0.857 bits per heavy atom. The largest absolute Gasteiger partial charge is 0.497 e. The number of nitrogens with one attached hydrogen (secondary N) is 1. The van der Waals surface area contributed by atoms with Crippen LogP contribution in [0.3, 0.4) is 0 Å². The molecule has 3 rings (SSSR count). The fourth-order valence-corrected chi connectivity index (χ4v) is 3.27. The van der Waals surface area contributed by atoms with Crippen molar-refractivity contribution in [3.05, 3.63) is 90.0 Å². The number of rotatable bonds is 7. The fraction of sp³-hybridized carbons (Fsp3) is 0.240. The van der Waals surface area contributed by atoms with Crippen LogP contribution in [0.4, 0.5) is 0 Å². The van der Waals surface area contributed by atoms with Gasteiger partial charge in [-0.1, -0.05) is 68.4 Å². The van der Waals surface area contributed by atoms with E-state index in [4.69, 9.17) is 4.74 Å². The molecule has 0 spiro atoms. The smallest absolute Gasteiger partial charge is 0.251 e. The number of hydrogen-bond acceptors (Lipinski definition) is 2. The predicted octanol–water partition coefficient (Wildman–Crippen LogP) is 5.88. The summed E-state index contributed by atoms with van der Waals surface area (Å²) in [6.07, 6.45) is 0.875. The third-order valence-corrected chi connectivity index (χ3v) is 4.78. The van der Waals surface area contributed by atoms with Gasteiger partial charge in [0, 0.05) is 5.56 Å². The maximum absolute atomic E-state index is 12.8. The number of carbonyl (C=O) groups excluding carboxylic acids is 1. The molecule has 1 N–H and O–H groups in total. The van der Waals surface area contributed by atoms with E-state index in [1.807, 2.05) is 66.7 Å². The van der Waals surface area contributed by atoms with Crippen LogP contribution in [0.15, 0.2) is 78.9 Å². The summed E-state index contributed by atoms with van der Waals surface area (Å²) in [5.41, 5.74) is 4.00. The minimum Gasteiger partial charge on any atom is -0.497 e. The van der Waals surface area contributed by atoms with Crippen LogP contribution < -0.4 is 10.1 Å². The lowest BCUT2D eigenvalue weighted by molar-refractivity contribution is 0.0932. The van der Waals surface area contributed by atoms with Gasteiger partial charge in [-0.3, -0.25) is 4.79 Å². The van der Waals surface area contributed by atoms with Crippen LogP contribution in [0.5, 0.6) is 5.75 Å². The predicted molar refractivity (Wildman–Crippen MR) is 115 cm³/mol. The molecule has 0 bridgehead atoms. The summed E-state index contributed by atoms with van der Waals surface area (Å²) in [5, 5.41) is 3.20. The van der Waals surface area contributed by atoms with Gasteiger partial charge >= 0.3 is 0 Å². The van der Waals surface area contributed by atoms with Crippen LogP contribution in [-0.4, -0.2) is 13.0 Å². The van der Waals surface area contributed by atoms with Gasteiger partial charge < -0.3 is 10.1 Å². The van der Waals surface area contributed by atoms with E-state index >= 15 is 0 Å². The molecule has 0 heterocycles. The number of benzene rings is 3. The fourth-order valence-electron chi connectivity index (χ4n) is 3.27. The summed E-state index contributed by atoms with van der Waals surface area (Å²) in [6, 6.07) is 25.8. The van der Waals surface area contributed by atoms with Crippen LogP contribution in [0.1, 0.15) is 42.2 Å². The molecule has 0 unspecified atom stereocenters. The highest BCUT2D eigenvalue weighted by Crippen LogP contribution is 2.25. The van der Waals surface area contributed by atoms with E-state index in [-0.39, 0.29) is 11.9 Å². The molecule has 3 heteroatoms. The van der Waals surface area contributed by atoms with Crippen LogP contribution in [0.25, 0.3) is 11.1 Å². The standard InChI is InChI=1S/C25H27NO2/c1-18(2)17-24(21-13-15-23(28-3)16-14-21)26-25(27)22-11-9-20(10-12-22)19-7-5-4-6-8-19/h4-16,18,24H,17H2,1-3H3,(H,26,27)/t24-/m1/s1. The minimum atomic E-state index is -0.0546. The maximum Gasteiger partial charge on any atom is 0.251 e. The zero-order chi connectivity index (χ0) is 19.9. The quantitative estimate of drug-likeness (QED) is 0.562. The molecule has 144 valence electrons. The second-order valence-corrected chi connectivity index (χ2v) is 7.37. The van der Waals surface area contributed by atoms with Crippen LogP contribution >= 0.6 is 0 Å². The van der Waals surface area contributed by atoms with Crippen molar-refractivity contribution in [2.24, 2.45) is 5.92 Å². The summed E-state index contributed by atoms with van der Waals surface area (Å²) >= 11 is 0. The number of carbonyl (C=O) groups is 1. The number of hydrogen-bond donors (Lipinski definition) is 1. The molecule has 0 fully saturated rings. The molecule has 1 atom stereocenters. The summed E-state index contributed by atoms with van der Waals surface area (Å²) in [5.74, 6) is 1.23. The van der Waals surface area contributed by atoms with Gasteiger partial charge in [-0.25, -0.2) is 0 Å². The molecule has 0 aliphatic carbocycles. The molecule has 0 saturated heterocycles. The molecule has 0 aliphatic rings. The lowest BCUT2D eigenvalue weighted by atomic mass is 9.96. The van der Waals surface area contributed by atoms with E-state index in [0.29, 0.717) is 11.5 Å². The summed E-state index contributed by atoms with van der Waals surface area (Å²) in [4.78, 5) is 12.8. The molecule has 0 aromatic heterocycles. The van der Waals surface area contributed by atoms with Crippen molar-refractivity contribution in [2.45, 2.75) is 26.3 Å².